The summed E-state index contributed by atoms with van der Waals surface area (Å²) >= 11 is 0. The quantitative estimate of drug-likeness (QED) is 0.439. The van der Waals surface area contributed by atoms with Gasteiger partial charge in [-0.1, -0.05) is 6.92 Å². The van der Waals surface area contributed by atoms with Crippen molar-refractivity contribution < 1.29 is 23.9 Å². The van der Waals surface area contributed by atoms with Crippen molar-refractivity contribution in [3.63, 3.8) is 0 Å². The summed E-state index contributed by atoms with van der Waals surface area (Å²) in [5, 5.41) is 4.96. The van der Waals surface area contributed by atoms with Crippen molar-refractivity contribution in [3.8, 4) is 0 Å². The molecule has 0 rings (SSSR count). The Morgan fingerprint density at radius 3 is 2.63 bits per heavy atom. The Hall–Kier alpha value is -1.63. The van der Waals surface area contributed by atoms with Crippen molar-refractivity contribution in [3.05, 3.63) is 0 Å². The molecule has 0 saturated heterocycles. The molecule has 110 valence electrons. The zero-order valence-corrected chi connectivity index (χ0v) is 11.4. The van der Waals surface area contributed by atoms with E-state index in [1.807, 2.05) is 6.92 Å². The van der Waals surface area contributed by atoms with Crippen molar-refractivity contribution in [2.75, 3.05) is 26.4 Å². The number of aldehydes is 1. The summed E-state index contributed by atoms with van der Waals surface area (Å²) in [6.07, 6.45) is 0.987. The van der Waals surface area contributed by atoms with Crippen LogP contribution in [0.15, 0.2) is 0 Å². The first-order valence-corrected chi connectivity index (χ1v) is 6.38. The molecule has 0 saturated carbocycles. The molecule has 2 N–H and O–H groups in total. The van der Waals surface area contributed by atoms with Crippen LogP contribution < -0.4 is 10.6 Å². The number of carbonyl (C=O) groups excluding carboxylic acids is 3. The van der Waals surface area contributed by atoms with E-state index in [1.165, 1.54) is 0 Å². The maximum atomic E-state index is 11.8. The van der Waals surface area contributed by atoms with Gasteiger partial charge in [-0.2, -0.15) is 0 Å². The van der Waals surface area contributed by atoms with E-state index in [1.54, 1.807) is 6.92 Å². The average molecular weight is 274 g/mol. The Labute approximate surface area is 113 Å². The second-order valence-corrected chi connectivity index (χ2v) is 3.74. The standard InChI is InChI=1S/C12H22N2O5/c1-3-8-19-12(17)14-10(9-18-4-2)11(16)13-6-5-7-15/h7,10H,3-6,8-9H2,1-2H3,(H,13,16)(H,14,17). The van der Waals surface area contributed by atoms with Crippen molar-refractivity contribution in [2.45, 2.75) is 32.7 Å². The molecule has 0 heterocycles. The summed E-state index contributed by atoms with van der Waals surface area (Å²) < 4.78 is 9.96. The molecule has 0 aliphatic heterocycles. The number of nitrogens with one attached hydrogen (secondary N) is 2. The van der Waals surface area contributed by atoms with Crippen LogP contribution in [-0.4, -0.2) is 50.7 Å². The Balaban J connectivity index is 4.22. The van der Waals surface area contributed by atoms with Gasteiger partial charge in [-0.05, 0) is 13.3 Å². The lowest BCUT2D eigenvalue weighted by atomic mass is 10.3. The largest absolute Gasteiger partial charge is 0.450 e. The number of hydrogen-bond donors (Lipinski definition) is 2. The van der Waals surface area contributed by atoms with Gasteiger partial charge in [0.1, 0.15) is 12.3 Å². The molecule has 0 fully saturated rings. The van der Waals surface area contributed by atoms with Crippen LogP contribution in [-0.2, 0) is 19.1 Å². The van der Waals surface area contributed by atoms with Crippen LogP contribution in [0.2, 0.25) is 0 Å². The van der Waals surface area contributed by atoms with Crippen LogP contribution in [0.1, 0.15) is 26.7 Å². The lowest BCUT2D eigenvalue weighted by Crippen LogP contribution is -2.49. The lowest BCUT2D eigenvalue weighted by molar-refractivity contribution is -0.124. The second kappa shape index (κ2) is 11.5. The van der Waals surface area contributed by atoms with E-state index in [-0.39, 0.29) is 19.6 Å². The van der Waals surface area contributed by atoms with Crippen molar-refractivity contribution in [1.29, 1.82) is 0 Å². The molecule has 0 aromatic carbocycles. The molecule has 0 aromatic heterocycles. The van der Waals surface area contributed by atoms with Crippen LogP contribution >= 0.6 is 0 Å². The van der Waals surface area contributed by atoms with Crippen molar-refractivity contribution in [1.82, 2.24) is 10.6 Å². The lowest BCUT2D eigenvalue weighted by Gasteiger charge is -2.17. The molecule has 0 bridgehead atoms. The zero-order valence-electron chi connectivity index (χ0n) is 11.4. The van der Waals surface area contributed by atoms with Gasteiger partial charge < -0.3 is 24.9 Å². The second-order valence-electron chi connectivity index (χ2n) is 3.74. The molecule has 1 atom stereocenters. The molecule has 7 nitrogen and oxygen atoms in total. The Morgan fingerprint density at radius 2 is 2.05 bits per heavy atom. The van der Waals surface area contributed by atoms with Gasteiger partial charge in [-0.25, -0.2) is 4.79 Å². The van der Waals surface area contributed by atoms with E-state index in [2.05, 4.69) is 10.6 Å². The highest BCUT2D eigenvalue weighted by molar-refractivity contribution is 5.85. The molecule has 2 amide bonds. The summed E-state index contributed by atoms with van der Waals surface area (Å²) in [5.41, 5.74) is 0. The van der Waals surface area contributed by atoms with Gasteiger partial charge in [0, 0.05) is 19.6 Å². The number of rotatable bonds is 10. The predicted octanol–water partition coefficient (Wildman–Crippen LogP) is 0.233. The fraction of sp³-hybridized carbons (Fsp3) is 0.750. The van der Waals surface area contributed by atoms with Crippen molar-refractivity contribution in [2.24, 2.45) is 0 Å². The molecular formula is C12H22N2O5. The zero-order chi connectivity index (χ0) is 14.5. The topological polar surface area (TPSA) is 93.7 Å². The summed E-state index contributed by atoms with van der Waals surface area (Å²) in [6, 6.07) is -0.823. The van der Waals surface area contributed by atoms with Gasteiger partial charge in [-0.15, -0.1) is 0 Å². The molecule has 0 spiro atoms. The Bertz CT molecular complexity index is 283. The molecule has 1 unspecified atom stereocenters. The molecule has 0 aliphatic rings. The normalized spacial score (nSPS) is 11.5. The minimum atomic E-state index is -0.823. The number of alkyl carbamates (subject to hydrolysis) is 1. The van der Waals surface area contributed by atoms with E-state index in [4.69, 9.17) is 9.47 Å². The highest BCUT2D eigenvalue weighted by atomic mass is 16.5. The monoisotopic (exact) mass is 274 g/mol. The third kappa shape index (κ3) is 9.01. The fourth-order valence-corrected chi connectivity index (χ4v) is 1.17. The van der Waals surface area contributed by atoms with Crippen LogP contribution in [0.4, 0.5) is 4.79 Å². The molecular weight excluding hydrogens is 252 g/mol. The maximum absolute atomic E-state index is 11.8. The number of carbonyl (C=O) groups is 3. The van der Waals surface area contributed by atoms with Crippen LogP contribution in [0, 0.1) is 0 Å². The van der Waals surface area contributed by atoms with E-state index < -0.39 is 18.0 Å². The van der Waals surface area contributed by atoms with Crippen LogP contribution in [0.5, 0.6) is 0 Å². The molecule has 0 aromatic rings. The van der Waals surface area contributed by atoms with Gasteiger partial charge in [0.2, 0.25) is 5.91 Å². The van der Waals surface area contributed by atoms with Gasteiger partial charge in [0.25, 0.3) is 0 Å². The first-order valence-electron chi connectivity index (χ1n) is 6.38. The number of ether oxygens (including phenoxy) is 2. The van der Waals surface area contributed by atoms with E-state index in [9.17, 15) is 14.4 Å². The smallest absolute Gasteiger partial charge is 0.407 e. The molecule has 7 heteroatoms. The van der Waals surface area contributed by atoms with Gasteiger partial charge in [0.05, 0.1) is 13.2 Å². The van der Waals surface area contributed by atoms with Crippen LogP contribution in [0.3, 0.4) is 0 Å². The SMILES string of the molecule is CCCOC(=O)NC(COCC)C(=O)NCCC=O. The number of hydrogen-bond acceptors (Lipinski definition) is 5. The summed E-state index contributed by atoms with van der Waals surface area (Å²) in [4.78, 5) is 33.3. The molecule has 19 heavy (non-hydrogen) atoms. The molecule has 0 aliphatic carbocycles. The van der Waals surface area contributed by atoms with E-state index in [0.717, 1.165) is 0 Å². The average Bonchev–Trinajstić information content (AvgIpc) is 2.41. The third-order valence-electron chi connectivity index (χ3n) is 2.10. The first kappa shape index (κ1) is 17.4. The summed E-state index contributed by atoms with van der Waals surface area (Å²) in [5.74, 6) is -0.399. The van der Waals surface area contributed by atoms with Gasteiger partial charge in [-0.3, -0.25) is 4.79 Å². The number of amides is 2. The Morgan fingerprint density at radius 1 is 1.32 bits per heavy atom. The fourth-order valence-electron chi connectivity index (χ4n) is 1.17. The minimum absolute atomic E-state index is 0.0602. The maximum Gasteiger partial charge on any atom is 0.407 e. The van der Waals surface area contributed by atoms with E-state index >= 15 is 0 Å². The summed E-state index contributed by atoms with van der Waals surface area (Å²) in [7, 11) is 0. The van der Waals surface area contributed by atoms with Crippen molar-refractivity contribution >= 4 is 18.3 Å². The highest BCUT2D eigenvalue weighted by Crippen LogP contribution is 1.91. The Kier molecular flexibility index (Phi) is 10.5. The molecule has 0 radical (unpaired) electrons. The van der Waals surface area contributed by atoms with E-state index in [0.29, 0.717) is 25.9 Å². The predicted molar refractivity (Wildman–Crippen MR) is 68.7 cm³/mol. The van der Waals surface area contributed by atoms with Gasteiger partial charge >= 0.3 is 6.09 Å². The summed E-state index contributed by atoms with van der Waals surface area (Å²) in [6.45, 7) is 4.68. The third-order valence-corrected chi connectivity index (χ3v) is 2.10. The highest BCUT2D eigenvalue weighted by Gasteiger charge is 2.21. The minimum Gasteiger partial charge on any atom is -0.450 e. The van der Waals surface area contributed by atoms with Crippen LogP contribution in [0.25, 0.3) is 0 Å². The van der Waals surface area contributed by atoms with Gasteiger partial charge in [0.15, 0.2) is 0 Å². The first-order chi connectivity index (χ1) is 9.15.